The highest BCUT2D eigenvalue weighted by Crippen LogP contribution is 2.29. The summed E-state index contributed by atoms with van der Waals surface area (Å²) in [6, 6.07) is 15.5. The maximum atomic E-state index is 12.6. The Kier molecular flexibility index (Phi) is 7.04. The van der Waals surface area contributed by atoms with Crippen molar-refractivity contribution in [3.8, 4) is 11.5 Å². The van der Waals surface area contributed by atoms with E-state index >= 15 is 0 Å². The Balaban J connectivity index is 2.09. The number of rotatable bonds is 8. The molecule has 0 unspecified atom stereocenters. The molecule has 1 atom stereocenters. The van der Waals surface area contributed by atoms with Crippen LogP contribution in [0, 0.1) is 0 Å². The summed E-state index contributed by atoms with van der Waals surface area (Å²) in [4.78, 5) is 14.7. The van der Waals surface area contributed by atoms with Crippen molar-refractivity contribution in [1.82, 2.24) is 10.2 Å². The van der Waals surface area contributed by atoms with Crippen molar-refractivity contribution in [3.05, 3.63) is 59.7 Å². The molecule has 0 saturated heterocycles. The lowest BCUT2D eigenvalue weighted by Crippen LogP contribution is -2.34. The fraction of sp³-hybridized carbons (Fsp3) is 0.381. The number of benzene rings is 2. The van der Waals surface area contributed by atoms with Crippen molar-refractivity contribution in [3.63, 3.8) is 0 Å². The molecule has 26 heavy (non-hydrogen) atoms. The summed E-state index contributed by atoms with van der Waals surface area (Å²) in [7, 11) is 5.58. The van der Waals surface area contributed by atoms with Gasteiger partial charge in [0.25, 0.3) is 5.91 Å². The van der Waals surface area contributed by atoms with Gasteiger partial charge in [0.2, 0.25) is 0 Å². The summed E-state index contributed by atoms with van der Waals surface area (Å²) >= 11 is 0. The number of ether oxygens (including phenoxy) is 2. The van der Waals surface area contributed by atoms with E-state index in [4.69, 9.17) is 9.47 Å². The minimum absolute atomic E-state index is 0.0373. The van der Waals surface area contributed by atoms with Gasteiger partial charge in [0, 0.05) is 12.1 Å². The van der Waals surface area contributed by atoms with Gasteiger partial charge in [-0.1, -0.05) is 30.3 Å². The molecule has 0 aliphatic rings. The summed E-state index contributed by atoms with van der Waals surface area (Å²) < 4.78 is 11.1. The van der Waals surface area contributed by atoms with Crippen LogP contribution in [0.4, 0.5) is 0 Å². The van der Waals surface area contributed by atoms with E-state index in [-0.39, 0.29) is 18.1 Å². The molecule has 0 aliphatic heterocycles. The first-order valence-corrected chi connectivity index (χ1v) is 8.76. The van der Waals surface area contributed by atoms with E-state index in [2.05, 4.69) is 22.3 Å². The topological polar surface area (TPSA) is 50.8 Å². The molecule has 2 rings (SSSR count). The van der Waals surface area contributed by atoms with Crippen molar-refractivity contribution in [2.24, 2.45) is 0 Å². The smallest absolute Gasteiger partial charge is 0.251 e. The van der Waals surface area contributed by atoms with Gasteiger partial charge >= 0.3 is 0 Å². The van der Waals surface area contributed by atoms with E-state index in [0.717, 1.165) is 5.56 Å². The minimum atomic E-state index is -0.137. The second kappa shape index (κ2) is 9.25. The minimum Gasteiger partial charge on any atom is -0.493 e. The van der Waals surface area contributed by atoms with Crippen LogP contribution in [0.3, 0.4) is 0 Å². The Morgan fingerprint density at radius 2 is 1.77 bits per heavy atom. The van der Waals surface area contributed by atoms with E-state index in [1.807, 2.05) is 46.1 Å². The van der Waals surface area contributed by atoms with Gasteiger partial charge < -0.3 is 19.7 Å². The molecule has 0 saturated carbocycles. The van der Waals surface area contributed by atoms with Crippen molar-refractivity contribution in [2.75, 3.05) is 27.7 Å². The van der Waals surface area contributed by atoms with Crippen LogP contribution >= 0.6 is 0 Å². The highest BCUT2D eigenvalue weighted by Gasteiger charge is 2.17. The molecule has 2 aromatic carbocycles. The lowest BCUT2D eigenvalue weighted by Gasteiger charge is -2.25. The third kappa shape index (κ3) is 5.23. The Bertz CT molecular complexity index is 714. The molecule has 0 radical (unpaired) electrons. The molecule has 5 heteroatoms. The fourth-order valence-corrected chi connectivity index (χ4v) is 2.73. The molecule has 0 heterocycles. The van der Waals surface area contributed by atoms with Crippen molar-refractivity contribution in [1.29, 1.82) is 0 Å². The molecule has 0 bridgehead atoms. The van der Waals surface area contributed by atoms with Crippen molar-refractivity contribution >= 4 is 5.91 Å². The van der Waals surface area contributed by atoms with Crippen LogP contribution in [-0.4, -0.2) is 44.7 Å². The highest BCUT2D eigenvalue weighted by molar-refractivity contribution is 5.94. The number of nitrogens with zero attached hydrogens (tertiary/aromatic N) is 1. The molecular formula is C21H28N2O3. The van der Waals surface area contributed by atoms with E-state index in [9.17, 15) is 4.79 Å². The van der Waals surface area contributed by atoms with Gasteiger partial charge in [0.1, 0.15) is 0 Å². The first-order chi connectivity index (χ1) is 12.4. The van der Waals surface area contributed by atoms with Gasteiger partial charge in [-0.05, 0) is 51.7 Å². The molecule has 5 nitrogen and oxygen atoms in total. The summed E-state index contributed by atoms with van der Waals surface area (Å²) in [6.07, 6.45) is 0.0373. The number of carbonyl (C=O) groups excluding carboxylic acids is 1. The number of hydrogen-bond acceptors (Lipinski definition) is 4. The van der Waals surface area contributed by atoms with E-state index in [1.54, 1.807) is 25.3 Å². The average Bonchev–Trinajstić information content (AvgIpc) is 2.62. The molecule has 1 amide bonds. The van der Waals surface area contributed by atoms with E-state index in [1.165, 1.54) is 0 Å². The van der Waals surface area contributed by atoms with Gasteiger partial charge in [0.15, 0.2) is 11.5 Å². The Labute approximate surface area is 155 Å². The second-order valence-corrected chi connectivity index (χ2v) is 6.63. The van der Waals surface area contributed by atoms with Crippen LogP contribution in [-0.2, 0) is 0 Å². The maximum Gasteiger partial charge on any atom is 0.251 e. The molecular weight excluding hydrogens is 328 g/mol. The number of carbonyl (C=O) groups is 1. The quantitative estimate of drug-likeness (QED) is 0.786. The standard InChI is InChI=1S/C21H28N2O3/c1-15(2)26-19-12-11-17(13-20(19)25-5)21(24)22-14-18(23(3)4)16-9-7-6-8-10-16/h6-13,15,18H,14H2,1-5H3,(H,22,24)/t18-/m1/s1. The lowest BCUT2D eigenvalue weighted by molar-refractivity contribution is 0.0941. The maximum absolute atomic E-state index is 12.6. The van der Waals surface area contributed by atoms with Gasteiger partial charge in [0.05, 0.1) is 19.3 Å². The van der Waals surface area contributed by atoms with Crippen LogP contribution in [0.25, 0.3) is 0 Å². The Morgan fingerprint density at radius 1 is 1.08 bits per heavy atom. The third-order valence-corrected chi connectivity index (χ3v) is 4.05. The monoisotopic (exact) mass is 356 g/mol. The summed E-state index contributed by atoms with van der Waals surface area (Å²) in [6.45, 7) is 4.42. The predicted molar refractivity (Wildman–Crippen MR) is 104 cm³/mol. The molecule has 140 valence electrons. The fourth-order valence-electron chi connectivity index (χ4n) is 2.73. The summed E-state index contributed by atoms with van der Waals surface area (Å²) in [5.41, 5.74) is 1.71. The Hall–Kier alpha value is -2.53. The van der Waals surface area contributed by atoms with Crippen molar-refractivity contribution < 1.29 is 14.3 Å². The zero-order chi connectivity index (χ0) is 19.1. The Morgan fingerprint density at radius 3 is 2.35 bits per heavy atom. The average molecular weight is 356 g/mol. The highest BCUT2D eigenvalue weighted by atomic mass is 16.5. The number of amides is 1. The lowest BCUT2D eigenvalue weighted by atomic mass is 10.1. The van der Waals surface area contributed by atoms with Gasteiger partial charge in [-0.25, -0.2) is 0 Å². The van der Waals surface area contributed by atoms with Crippen LogP contribution in [0.2, 0.25) is 0 Å². The van der Waals surface area contributed by atoms with E-state index in [0.29, 0.717) is 23.6 Å². The van der Waals surface area contributed by atoms with Gasteiger partial charge in [-0.3, -0.25) is 4.79 Å². The van der Waals surface area contributed by atoms with Crippen LogP contribution in [0.5, 0.6) is 11.5 Å². The van der Waals surface area contributed by atoms with Crippen LogP contribution < -0.4 is 14.8 Å². The van der Waals surface area contributed by atoms with Gasteiger partial charge in [-0.2, -0.15) is 0 Å². The first-order valence-electron chi connectivity index (χ1n) is 8.76. The number of hydrogen-bond donors (Lipinski definition) is 1. The van der Waals surface area contributed by atoms with Crippen LogP contribution in [0.1, 0.15) is 35.8 Å². The molecule has 0 aliphatic carbocycles. The predicted octanol–water partition coefficient (Wildman–Crippen LogP) is 3.52. The van der Waals surface area contributed by atoms with Crippen LogP contribution in [0.15, 0.2) is 48.5 Å². The third-order valence-electron chi connectivity index (χ3n) is 4.05. The molecule has 2 aromatic rings. The normalized spacial score (nSPS) is 12.1. The number of methoxy groups -OCH3 is 1. The summed E-state index contributed by atoms with van der Waals surface area (Å²) in [5, 5.41) is 3.01. The molecule has 0 spiro atoms. The first kappa shape index (κ1) is 19.8. The zero-order valence-electron chi connectivity index (χ0n) is 16.2. The molecule has 0 fully saturated rings. The second-order valence-electron chi connectivity index (χ2n) is 6.63. The van der Waals surface area contributed by atoms with Crippen molar-refractivity contribution in [2.45, 2.75) is 26.0 Å². The summed E-state index contributed by atoms with van der Waals surface area (Å²) in [5.74, 6) is 1.05. The largest absolute Gasteiger partial charge is 0.493 e. The molecule has 0 aromatic heterocycles. The number of nitrogens with one attached hydrogen (secondary N) is 1. The zero-order valence-corrected chi connectivity index (χ0v) is 16.2. The SMILES string of the molecule is COc1cc(C(=O)NC[C@H](c2ccccc2)N(C)C)ccc1OC(C)C. The molecule has 1 N–H and O–H groups in total. The van der Waals surface area contributed by atoms with Gasteiger partial charge in [-0.15, -0.1) is 0 Å². The number of likely N-dealkylation sites (N-methyl/N-ethyl adjacent to an activating group) is 1. The van der Waals surface area contributed by atoms with E-state index < -0.39 is 0 Å².